The van der Waals surface area contributed by atoms with Gasteiger partial charge in [0.15, 0.2) is 0 Å². The minimum absolute atomic E-state index is 0.106. The SMILES string of the molecule is CCOC(=O)C[C@@](C)(NC(=O)c1ccn(C)c1C)C(C)C. The molecule has 21 heavy (non-hydrogen) atoms. The Labute approximate surface area is 126 Å². The van der Waals surface area contributed by atoms with Crippen molar-refractivity contribution in [3.05, 3.63) is 23.5 Å². The van der Waals surface area contributed by atoms with E-state index in [1.807, 2.05) is 45.5 Å². The fraction of sp³-hybridized carbons (Fsp3) is 0.625. The van der Waals surface area contributed by atoms with Crippen LogP contribution < -0.4 is 5.32 Å². The van der Waals surface area contributed by atoms with Gasteiger partial charge in [0.25, 0.3) is 5.91 Å². The Balaban J connectivity index is 2.90. The molecule has 0 unspecified atom stereocenters. The molecule has 5 nitrogen and oxygen atoms in total. The summed E-state index contributed by atoms with van der Waals surface area (Å²) in [6.45, 7) is 9.86. The first-order valence-electron chi connectivity index (χ1n) is 7.31. The van der Waals surface area contributed by atoms with Crippen molar-refractivity contribution in [2.75, 3.05) is 6.61 Å². The van der Waals surface area contributed by atoms with Gasteiger partial charge in [0, 0.05) is 18.9 Å². The van der Waals surface area contributed by atoms with Crippen LogP contribution in [-0.2, 0) is 16.6 Å². The van der Waals surface area contributed by atoms with E-state index in [4.69, 9.17) is 4.74 Å². The zero-order chi connectivity index (χ0) is 16.2. The molecule has 0 fully saturated rings. The average Bonchev–Trinajstić information content (AvgIpc) is 2.69. The van der Waals surface area contributed by atoms with Gasteiger partial charge in [-0.25, -0.2) is 0 Å². The number of rotatable bonds is 6. The molecular weight excluding hydrogens is 268 g/mol. The highest BCUT2D eigenvalue weighted by molar-refractivity contribution is 5.96. The van der Waals surface area contributed by atoms with Crippen LogP contribution in [-0.4, -0.2) is 28.6 Å². The molecule has 0 bridgehead atoms. The number of nitrogens with one attached hydrogen (secondary N) is 1. The number of hydrogen-bond acceptors (Lipinski definition) is 3. The van der Waals surface area contributed by atoms with Gasteiger partial charge in [0.1, 0.15) is 0 Å². The van der Waals surface area contributed by atoms with Crippen molar-refractivity contribution >= 4 is 11.9 Å². The van der Waals surface area contributed by atoms with Gasteiger partial charge in [-0.05, 0) is 32.8 Å². The third-order valence-corrected chi connectivity index (χ3v) is 4.12. The summed E-state index contributed by atoms with van der Waals surface area (Å²) in [4.78, 5) is 24.2. The zero-order valence-corrected chi connectivity index (χ0v) is 13.8. The van der Waals surface area contributed by atoms with Crippen LogP contribution in [0, 0.1) is 12.8 Å². The molecule has 1 N–H and O–H groups in total. The number of hydrogen-bond donors (Lipinski definition) is 1. The van der Waals surface area contributed by atoms with Crippen molar-refractivity contribution in [1.82, 2.24) is 9.88 Å². The number of aryl methyl sites for hydroxylation is 1. The number of carbonyl (C=O) groups excluding carboxylic acids is 2. The van der Waals surface area contributed by atoms with E-state index < -0.39 is 5.54 Å². The fourth-order valence-electron chi connectivity index (χ4n) is 2.08. The maximum atomic E-state index is 12.5. The molecule has 1 atom stereocenters. The minimum atomic E-state index is -0.633. The predicted octanol–water partition coefficient (Wildman–Crippen LogP) is 2.43. The van der Waals surface area contributed by atoms with Gasteiger partial charge in [0.05, 0.1) is 24.1 Å². The molecule has 5 heteroatoms. The normalized spacial score (nSPS) is 13.9. The molecular formula is C16H26N2O3. The standard InChI is InChI=1S/C16H26N2O3/c1-7-21-14(19)10-16(5,11(2)3)17-15(20)13-8-9-18(6)12(13)4/h8-9,11H,7,10H2,1-6H3,(H,17,20)/t16-/m1/s1. The van der Waals surface area contributed by atoms with Crippen LogP contribution in [0.25, 0.3) is 0 Å². The van der Waals surface area contributed by atoms with Gasteiger partial charge in [-0.2, -0.15) is 0 Å². The number of aromatic nitrogens is 1. The summed E-state index contributed by atoms with van der Waals surface area (Å²) in [5, 5.41) is 3.00. The number of amides is 1. The van der Waals surface area contributed by atoms with Crippen molar-refractivity contribution in [3.8, 4) is 0 Å². The predicted molar refractivity (Wildman–Crippen MR) is 82.1 cm³/mol. The molecule has 0 saturated carbocycles. The van der Waals surface area contributed by atoms with E-state index in [9.17, 15) is 9.59 Å². The Hall–Kier alpha value is -1.78. The molecule has 0 aliphatic heterocycles. The van der Waals surface area contributed by atoms with Gasteiger partial charge in [-0.1, -0.05) is 13.8 Å². The first-order chi connectivity index (χ1) is 9.71. The van der Waals surface area contributed by atoms with Crippen LogP contribution in [0.15, 0.2) is 12.3 Å². The van der Waals surface area contributed by atoms with Crippen LogP contribution in [0.3, 0.4) is 0 Å². The van der Waals surface area contributed by atoms with E-state index in [0.717, 1.165) is 5.69 Å². The van der Waals surface area contributed by atoms with Gasteiger partial charge in [-0.3, -0.25) is 9.59 Å². The highest BCUT2D eigenvalue weighted by Crippen LogP contribution is 2.23. The van der Waals surface area contributed by atoms with Crippen LogP contribution >= 0.6 is 0 Å². The maximum absolute atomic E-state index is 12.5. The second kappa shape index (κ2) is 6.78. The van der Waals surface area contributed by atoms with E-state index in [0.29, 0.717) is 12.2 Å². The number of ether oxygens (including phenoxy) is 1. The van der Waals surface area contributed by atoms with Gasteiger partial charge in [0.2, 0.25) is 0 Å². The van der Waals surface area contributed by atoms with Crippen LogP contribution in [0.4, 0.5) is 0 Å². The van der Waals surface area contributed by atoms with Crippen molar-refractivity contribution in [2.24, 2.45) is 13.0 Å². The van der Waals surface area contributed by atoms with E-state index in [2.05, 4.69) is 5.32 Å². The van der Waals surface area contributed by atoms with Crippen molar-refractivity contribution in [3.63, 3.8) is 0 Å². The third-order valence-electron chi connectivity index (χ3n) is 4.12. The minimum Gasteiger partial charge on any atom is -0.466 e. The summed E-state index contributed by atoms with van der Waals surface area (Å²) in [7, 11) is 1.90. The molecule has 0 aromatic carbocycles. The second-order valence-electron chi connectivity index (χ2n) is 5.93. The smallest absolute Gasteiger partial charge is 0.308 e. The topological polar surface area (TPSA) is 60.3 Å². The summed E-state index contributed by atoms with van der Waals surface area (Å²) >= 11 is 0. The lowest BCUT2D eigenvalue weighted by Gasteiger charge is -2.34. The molecule has 0 radical (unpaired) electrons. The largest absolute Gasteiger partial charge is 0.466 e. The molecule has 0 aliphatic carbocycles. The molecule has 0 spiro atoms. The van der Waals surface area contributed by atoms with Gasteiger partial charge >= 0.3 is 5.97 Å². The second-order valence-corrected chi connectivity index (χ2v) is 5.93. The molecule has 118 valence electrons. The summed E-state index contributed by atoms with van der Waals surface area (Å²) in [5.41, 5.74) is 0.897. The Morgan fingerprint density at radius 3 is 2.48 bits per heavy atom. The Bertz CT molecular complexity index is 520. The Morgan fingerprint density at radius 2 is 2.05 bits per heavy atom. The van der Waals surface area contributed by atoms with E-state index in [-0.39, 0.29) is 24.2 Å². The van der Waals surface area contributed by atoms with Crippen LogP contribution in [0.5, 0.6) is 0 Å². The molecule has 1 aromatic rings. The highest BCUT2D eigenvalue weighted by Gasteiger charge is 2.34. The van der Waals surface area contributed by atoms with Crippen molar-refractivity contribution in [2.45, 2.75) is 46.6 Å². The first-order valence-corrected chi connectivity index (χ1v) is 7.31. The molecule has 1 rings (SSSR count). The molecule has 1 aromatic heterocycles. The maximum Gasteiger partial charge on any atom is 0.308 e. The summed E-state index contributed by atoms with van der Waals surface area (Å²) in [5.74, 6) is -0.345. The Kier molecular flexibility index (Phi) is 5.58. The first kappa shape index (κ1) is 17.3. The summed E-state index contributed by atoms with van der Waals surface area (Å²) < 4.78 is 6.90. The summed E-state index contributed by atoms with van der Waals surface area (Å²) in [6, 6.07) is 1.79. The molecule has 1 heterocycles. The van der Waals surface area contributed by atoms with Crippen LogP contribution in [0.1, 0.15) is 50.2 Å². The highest BCUT2D eigenvalue weighted by atomic mass is 16.5. The molecule has 0 saturated heterocycles. The lowest BCUT2D eigenvalue weighted by Crippen LogP contribution is -2.51. The summed E-state index contributed by atoms with van der Waals surface area (Å²) in [6.07, 6.45) is 2.01. The van der Waals surface area contributed by atoms with Crippen LogP contribution in [0.2, 0.25) is 0 Å². The van der Waals surface area contributed by atoms with E-state index in [1.54, 1.807) is 13.0 Å². The monoisotopic (exact) mass is 294 g/mol. The zero-order valence-electron chi connectivity index (χ0n) is 13.8. The Morgan fingerprint density at radius 1 is 1.43 bits per heavy atom. The number of nitrogens with zero attached hydrogens (tertiary/aromatic N) is 1. The van der Waals surface area contributed by atoms with Crippen molar-refractivity contribution < 1.29 is 14.3 Å². The van der Waals surface area contributed by atoms with E-state index in [1.165, 1.54) is 0 Å². The molecule has 1 amide bonds. The third kappa shape index (κ3) is 4.09. The lowest BCUT2D eigenvalue weighted by atomic mass is 9.85. The van der Waals surface area contributed by atoms with E-state index >= 15 is 0 Å². The number of esters is 1. The van der Waals surface area contributed by atoms with Gasteiger partial charge < -0.3 is 14.6 Å². The quantitative estimate of drug-likeness (QED) is 0.820. The average molecular weight is 294 g/mol. The fourth-order valence-corrected chi connectivity index (χ4v) is 2.08. The van der Waals surface area contributed by atoms with Gasteiger partial charge in [-0.15, -0.1) is 0 Å². The van der Waals surface area contributed by atoms with Crippen molar-refractivity contribution in [1.29, 1.82) is 0 Å². The molecule has 0 aliphatic rings. The number of carbonyl (C=O) groups is 2. The lowest BCUT2D eigenvalue weighted by molar-refractivity contribution is -0.145.